The Morgan fingerprint density at radius 1 is 0.800 bits per heavy atom. The molecule has 0 saturated carbocycles. The summed E-state index contributed by atoms with van der Waals surface area (Å²) in [7, 11) is 0. The number of hydrogen-bond donors (Lipinski definition) is 4. The van der Waals surface area contributed by atoms with Gasteiger partial charge in [0.05, 0.1) is 0 Å². The lowest BCUT2D eigenvalue weighted by molar-refractivity contribution is -0.134. The molecule has 0 aromatic heterocycles. The summed E-state index contributed by atoms with van der Waals surface area (Å²) < 4.78 is -1.73. The molecule has 2 nitrogen and oxygen atoms in total. The second-order valence-corrected chi connectivity index (χ2v) is 4.36. The fourth-order valence-electron chi connectivity index (χ4n) is 0.254. The van der Waals surface area contributed by atoms with Crippen LogP contribution in [0.15, 0.2) is 0 Å². The normalized spacial score (nSPS) is 10.6. The summed E-state index contributed by atoms with van der Waals surface area (Å²) in [5.74, 6) is -1.36. The first kappa shape index (κ1) is 10.7. The molecule has 0 aliphatic rings. The maximum Gasteiger partial charge on any atom is 0.222 e. The van der Waals surface area contributed by atoms with Crippen molar-refractivity contribution in [3.8, 4) is 0 Å². The molecule has 0 heterocycles. The molecule has 0 fully saturated rings. The van der Waals surface area contributed by atoms with Crippen molar-refractivity contribution < 1.29 is 9.59 Å². The van der Waals surface area contributed by atoms with Gasteiger partial charge in [-0.3, -0.25) is 9.59 Å². The number of rotatable bonds is 3. The summed E-state index contributed by atoms with van der Waals surface area (Å²) in [4.78, 5) is 21.4. The highest BCUT2D eigenvalue weighted by Gasteiger charge is 2.22. The van der Waals surface area contributed by atoms with E-state index in [9.17, 15) is 9.59 Å². The van der Waals surface area contributed by atoms with Crippen LogP contribution in [0.2, 0.25) is 0 Å². The molecule has 0 aliphatic heterocycles. The van der Waals surface area contributed by atoms with Gasteiger partial charge in [-0.1, -0.05) is 0 Å². The van der Waals surface area contributed by atoms with Crippen LogP contribution in [0, 0.1) is 0 Å². The maximum absolute atomic E-state index is 10.7. The monoisotopic (exact) mass is 214 g/mol. The molecule has 0 saturated heterocycles. The summed E-state index contributed by atoms with van der Waals surface area (Å²) in [6, 6.07) is 0. The third kappa shape index (κ3) is 3.23. The third-order valence-electron chi connectivity index (χ3n) is 0.712. The molecular formula is C4H6O2S4. The molecule has 0 aromatic rings. The average molecular weight is 214 g/mol. The quantitative estimate of drug-likeness (QED) is 0.313. The Morgan fingerprint density at radius 3 is 1.10 bits per heavy atom. The lowest BCUT2D eigenvalue weighted by Crippen LogP contribution is -2.25. The number of thiol groups is 4. The molecule has 0 unspecified atom stereocenters. The van der Waals surface area contributed by atoms with Crippen molar-refractivity contribution in [3.05, 3.63) is 0 Å². The summed E-state index contributed by atoms with van der Waals surface area (Å²) in [5, 5.41) is 0. The summed E-state index contributed by atoms with van der Waals surface area (Å²) in [6.07, 6.45) is 0. The topological polar surface area (TPSA) is 34.1 Å². The molecule has 10 heavy (non-hydrogen) atoms. The lowest BCUT2D eigenvalue weighted by Gasteiger charge is -2.02. The van der Waals surface area contributed by atoms with Gasteiger partial charge in [-0.25, -0.2) is 0 Å². The van der Waals surface area contributed by atoms with Crippen LogP contribution in [0.3, 0.4) is 0 Å². The molecule has 0 spiro atoms. The molecule has 0 bridgehead atoms. The Kier molecular flexibility index (Phi) is 4.92. The summed E-state index contributed by atoms with van der Waals surface area (Å²) in [5.41, 5.74) is 0. The van der Waals surface area contributed by atoms with Crippen LogP contribution in [-0.2, 0) is 9.59 Å². The molecule has 0 N–H and O–H groups in total. The van der Waals surface area contributed by atoms with Crippen molar-refractivity contribution in [3.63, 3.8) is 0 Å². The van der Waals surface area contributed by atoms with Crippen molar-refractivity contribution in [1.29, 1.82) is 0 Å². The largest absolute Gasteiger partial charge is 0.289 e. The van der Waals surface area contributed by atoms with E-state index in [-0.39, 0.29) is 0 Å². The molecule has 6 heteroatoms. The highest BCUT2D eigenvalue weighted by Crippen LogP contribution is 2.08. The second kappa shape index (κ2) is 4.58. The average Bonchev–Trinajstić information content (AvgIpc) is 1.84. The molecule has 0 rings (SSSR count). The van der Waals surface area contributed by atoms with Gasteiger partial charge in [-0.2, -0.15) is 50.5 Å². The van der Waals surface area contributed by atoms with E-state index in [1.165, 1.54) is 0 Å². The predicted octanol–water partition coefficient (Wildman–Crippen LogP) is 0.496. The van der Waals surface area contributed by atoms with Gasteiger partial charge in [0.2, 0.25) is 11.6 Å². The van der Waals surface area contributed by atoms with E-state index in [0.29, 0.717) is 0 Å². The minimum atomic E-state index is -0.866. The first-order valence-electron chi connectivity index (χ1n) is 2.27. The Morgan fingerprint density at radius 2 is 1.00 bits per heavy atom. The molecule has 0 aliphatic carbocycles. The standard InChI is InChI=1S/C4H6O2S4/c5-1(3(7)8)2(6)4(9)10/h3-4,7-10H. The van der Waals surface area contributed by atoms with Gasteiger partial charge in [0, 0.05) is 0 Å². The zero-order chi connectivity index (χ0) is 8.31. The van der Waals surface area contributed by atoms with Crippen LogP contribution >= 0.6 is 50.5 Å². The van der Waals surface area contributed by atoms with E-state index >= 15 is 0 Å². The van der Waals surface area contributed by atoms with E-state index in [0.717, 1.165) is 0 Å². The lowest BCUT2D eigenvalue weighted by atomic mass is 10.3. The minimum Gasteiger partial charge on any atom is -0.289 e. The number of hydrogen-bond acceptors (Lipinski definition) is 6. The van der Waals surface area contributed by atoms with Crippen molar-refractivity contribution in [1.82, 2.24) is 0 Å². The zero-order valence-electron chi connectivity index (χ0n) is 4.76. The van der Waals surface area contributed by atoms with Gasteiger partial charge in [-0.15, -0.1) is 0 Å². The van der Waals surface area contributed by atoms with Gasteiger partial charge in [0.15, 0.2) is 0 Å². The van der Waals surface area contributed by atoms with Crippen LogP contribution < -0.4 is 0 Å². The molecule has 58 valence electrons. The van der Waals surface area contributed by atoms with Crippen LogP contribution in [0.25, 0.3) is 0 Å². The summed E-state index contributed by atoms with van der Waals surface area (Å²) in [6.45, 7) is 0. The smallest absolute Gasteiger partial charge is 0.222 e. The Hall–Kier alpha value is 0.740. The fourth-order valence-corrected chi connectivity index (χ4v) is 0.763. The predicted molar refractivity (Wildman–Crippen MR) is 53.5 cm³/mol. The van der Waals surface area contributed by atoms with Gasteiger partial charge in [-0.05, 0) is 0 Å². The van der Waals surface area contributed by atoms with E-state index in [1.807, 2.05) is 0 Å². The Balaban J connectivity index is 4.10. The number of ketones is 2. The number of carbonyl (C=O) groups is 2. The first-order chi connectivity index (χ1) is 4.46. The zero-order valence-corrected chi connectivity index (χ0v) is 8.34. The molecule has 0 radical (unpaired) electrons. The van der Waals surface area contributed by atoms with Crippen molar-refractivity contribution in [2.24, 2.45) is 0 Å². The van der Waals surface area contributed by atoms with E-state index in [1.54, 1.807) is 0 Å². The molecule has 0 amide bonds. The highest BCUT2D eigenvalue weighted by molar-refractivity contribution is 8.02. The summed E-state index contributed by atoms with van der Waals surface area (Å²) >= 11 is 14.6. The SMILES string of the molecule is O=C(C(=O)C(S)S)C(S)S. The molecular weight excluding hydrogens is 208 g/mol. The molecule has 0 aromatic carbocycles. The van der Waals surface area contributed by atoms with Gasteiger partial charge >= 0.3 is 0 Å². The van der Waals surface area contributed by atoms with Gasteiger partial charge < -0.3 is 0 Å². The third-order valence-corrected chi connectivity index (χ3v) is 1.65. The fraction of sp³-hybridized carbons (Fsp3) is 0.500. The van der Waals surface area contributed by atoms with Crippen LogP contribution in [0.4, 0.5) is 0 Å². The van der Waals surface area contributed by atoms with E-state index in [2.05, 4.69) is 50.5 Å². The minimum absolute atomic E-state index is 0.679. The Labute approximate surface area is 80.8 Å². The van der Waals surface area contributed by atoms with Crippen molar-refractivity contribution in [2.45, 2.75) is 9.16 Å². The van der Waals surface area contributed by atoms with Crippen molar-refractivity contribution in [2.75, 3.05) is 0 Å². The first-order valence-corrected chi connectivity index (χ1v) is 4.33. The van der Waals surface area contributed by atoms with E-state index in [4.69, 9.17) is 0 Å². The number of carbonyl (C=O) groups excluding carboxylic acids is 2. The van der Waals surface area contributed by atoms with Gasteiger partial charge in [0.1, 0.15) is 9.16 Å². The second-order valence-electron chi connectivity index (χ2n) is 1.48. The Bertz CT molecular complexity index is 135. The maximum atomic E-state index is 10.7. The van der Waals surface area contributed by atoms with Crippen LogP contribution in [0.5, 0.6) is 0 Å². The molecule has 0 atom stereocenters. The van der Waals surface area contributed by atoms with Crippen molar-refractivity contribution >= 4 is 62.1 Å². The van der Waals surface area contributed by atoms with E-state index < -0.39 is 20.7 Å². The van der Waals surface area contributed by atoms with Crippen LogP contribution in [-0.4, -0.2) is 20.7 Å². The van der Waals surface area contributed by atoms with Gasteiger partial charge in [0.25, 0.3) is 0 Å². The number of Topliss-reactive ketones (excluding diaryl/α,β-unsaturated/α-hetero) is 2. The highest BCUT2D eigenvalue weighted by atomic mass is 32.2. The van der Waals surface area contributed by atoms with Crippen LogP contribution in [0.1, 0.15) is 0 Å².